The van der Waals surface area contributed by atoms with Crippen molar-refractivity contribution in [3.8, 4) is 0 Å². The largest absolute Gasteiger partial charge is 0.340 e. The summed E-state index contributed by atoms with van der Waals surface area (Å²) >= 11 is 6.07. The molecule has 0 aromatic carbocycles. The summed E-state index contributed by atoms with van der Waals surface area (Å²) in [6.07, 6.45) is 10.3. The Morgan fingerprint density at radius 2 is 1.84 bits per heavy atom. The van der Waals surface area contributed by atoms with E-state index in [2.05, 4.69) is 38.1 Å². The monoisotopic (exact) mass is 457 g/mol. The summed E-state index contributed by atoms with van der Waals surface area (Å²) in [4.78, 5) is 22.8. The van der Waals surface area contributed by atoms with Crippen LogP contribution in [0.1, 0.15) is 49.8 Å². The highest BCUT2D eigenvalue weighted by Gasteiger charge is 2.62. The molecule has 3 heterocycles. The van der Waals surface area contributed by atoms with Crippen molar-refractivity contribution in [2.75, 3.05) is 26.2 Å². The van der Waals surface area contributed by atoms with E-state index < -0.39 is 0 Å². The van der Waals surface area contributed by atoms with Gasteiger partial charge in [0.15, 0.2) is 0 Å². The normalized spacial score (nSPS) is 34.4. The molecular weight excluding hydrogens is 426 g/mol. The zero-order chi connectivity index (χ0) is 22.1. The number of carbonyl (C=O) groups excluding carboxylic acids is 1. The van der Waals surface area contributed by atoms with Crippen LogP contribution in [0, 0.1) is 24.2 Å². The van der Waals surface area contributed by atoms with Crippen molar-refractivity contribution < 1.29 is 4.79 Å². The molecular formula is C23H32ClN7O. The lowest BCUT2D eigenvalue weighted by molar-refractivity contribution is -0.168. The average Bonchev–Trinajstić information content (AvgIpc) is 3.32. The standard InChI is InChI=1S/C23H32ClN7O/c1-16-19(12-28(2)26-16)13-29-3-5-30(6-4-29)20(32)22-8-17-7-18(9-22)11-23(10-17,14-22)31-15-25-21(24)27-31/h12,15,17-18H,3-11,13-14H2,1-2H3. The van der Waals surface area contributed by atoms with E-state index in [9.17, 15) is 4.79 Å². The van der Waals surface area contributed by atoms with Gasteiger partial charge in [0.05, 0.1) is 16.6 Å². The maximum Gasteiger partial charge on any atom is 0.242 e. The van der Waals surface area contributed by atoms with Crippen molar-refractivity contribution in [3.63, 3.8) is 0 Å². The van der Waals surface area contributed by atoms with Crippen LogP contribution in [0.15, 0.2) is 12.5 Å². The number of piperazine rings is 1. The molecule has 9 heteroatoms. The fraction of sp³-hybridized carbons (Fsp3) is 0.739. The quantitative estimate of drug-likeness (QED) is 0.705. The molecule has 2 aromatic rings. The van der Waals surface area contributed by atoms with Crippen LogP contribution < -0.4 is 0 Å². The number of carbonyl (C=O) groups is 1. The van der Waals surface area contributed by atoms with Gasteiger partial charge in [-0.3, -0.25) is 14.4 Å². The molecule has 0 radical (unpaired) electrons. The van der Waals surface area contributed by atoms with Gasteiger partial charge in [0.2, 0.25) is 11.2 Å². The molecule has 7 rings (SSSR count). The van der Waals surface area contributed by atoms with Crippen LogP contribution in [0.2, 0.25) is 5.28 Å². The molecule has 1 amide bonds. The lowest BCUT2D eigenvalue weighted by atomic mass is 9.46. The number of nitrogens with zero attached hydrogens (tertiary/aromatic N) is 7. The first-order valence-corrected chi connectivity index (χ1v) is 12.3. The first kappa shape index (κ1) is 20.7. The van der Waals surface area contributed by atoms with Crippen LogP contribution in [0.4, 0.5) is 0 Å². The molecule has 0 spiro atoms. The number of hydrogen-bond acceptors (Lipinski definition) is 5. The number of hydrogen-bond donors (Lipinski definition) is 0. The van der Waals surface area contributed by atoms with E-state index in [0.29, 0.717) is 23.0 Å². The molecule has 2 atom stereocenters. The summed E-state index contributed by atoms with van der Waals surface area (Å²) in [6.45, 7) is 6.46. The van der Waals surface area contributed by atoms with Gasteiger partial charge in [-0.1, -0.05) is 0 Å². The van der Waals surface area contributed by atoms with Gasteiger partial charge in [-0.05, 0) is 68.9 Å². The summed E-state index contributed by atoms with van der Waals surface area (Å²) in [7, 11) is 1.97. The van der Waals surface area contributed by atoms with Crippen molar-refractivity contribution in [2.24, 2.45) is 24.3 Å². The average molecular weight is 458 g/mol. The fourth-order valence-electron chi connectivity index (χ4n) is 7.69. The number of aromatic nitrogens is 5. The van der Waals surface area contributed by atoms with Crippen LogP contribution in [0.25, 0.3) is 0 Å². The van der Waals surface area contributed by atoms with E-state index in [4.69, 9.17) is 11.6 Å². The molecule has 4 bridgehead atoms. The highest BCUT2D eigenvalue weighted by atomic mass is 35.5. The Morgan fingerprint density at radius 3 is 2.44 bits per heavy atom. The third-order valence-electron chi connectivity index (χ3n) is 8.60. The highest BCUT2D eigenvalue weighted by molar-refractivity contribution is 6.28. The summed E-state index contributed by atoms with van der Waals surface area (Å²) in [5, 5.41) is 9.27. The van der Waals surface area contributed by atoms with Crippen LogP contribution in [-0.2, 0) is 23.9 Å². The van der Waals surface area contributed by atoms with Crippen LogP contribution in [0.3, 0.4) is 0 Å². The Balaban J connectivity index is 1.17. The molecule has 1 aliphatic heterocycles. The minimum atomic E-state index is -0.232. The summed E-state index contributed by atoms with van der Waals surface area (Å²) in [6, 6.07) is 0. The number of aryl methyl sites for hydroxylation is 2. The van der Waals surface area contributed by atoms with E-state index >= 15 is 0 Å². The third-order valence-corrected chi connectivity index (χ3v) is 8.78. The first-order valence-electron chi connectivity index (χ1n) is 11.9. The SMILES string of the molecule is Cc1nn(C)cc1CN1CCN(C(=O)C23CC4CC(C2)CC(n2cnc(Cl)n2)(C4)C3)CC1. The zero-order valence-electron chi connectivity index (χ0n) is 19.0. The topological polar surface area (TPSA) is 72.1 Å². The molecule has 0 N–H and O–H groups in total. The predicted molar refractivity (Wildman–Crippen MR) is 120 cm³/mol. The molecule has 8 nitrogen and oxygen atoms in total. The summed E-state index contributed by atoms with van der Waals surface area (Å²) in [5.41, 5.74) is 2.06. The van der Waals surface area contributed by atoms with E-state index in [1.807, 2.05) is 16.4 Å². The third kappa shape index (κ3) is 3.29. The minimum Gasteiger partial charge on any atom is -0.340 e. The molecule has 172 valence electrons. The molecule has 4 aliphatic carbocycles. The van der Waals surface area contributed by atoms with Crippen LogP contribution in [-0.4, -0.2) is 66.4 Å². The maximum atomic E-state index is 14.0. The number of halogens is 1. The summed E-state index contributed by atoms with van der Waals surface area (Å²) < 4.78 is 3.89. The van der Waals surface area contributed by atoms with Crippen LogP contribution in [0.5, 0.6) is 0 Å². The summed E-state index contributed by atoms with van der Waals surface area (Å²) in [5.74, 6) is 1.61. The molecule has 5 fully saturated rings. The van der Waals surface area contributed by atoms with Crippen LogP contribution >= 0.6 is 11.6 Å². The van der Waals surface area contributed by atoms with E-state index in [0.717, 1.165) is 70.5 Å². The first-order chi connectivity index (χ1) is 15.3. The number of rotatable bonds is 4. The van der Waals surface area contributed by atoms with Gasteiger partial charge >= 0.3 is 0 Å². The van der Waals surface area contributed by atoms with Crippen molar-refractivity contribution in [3.05, 3.63) is 29.1 Å². The molecule has 4 saturated carbocycles. The van der Waals surface area contributed by atoms with E-state index in [1.165, 1.54) is 12.0 Å². The van der Waals surface area contributed by atoms with Gasteiger partial charge in [0.25, 0.3) is 0 Å². The fourth-order valence-corrected chi connectivity index (χ4v) is 7.82. The lowest BCUT2D eigenvalue weighted by Crippen LogP contribution is -2.62. The van der Waals surface area contributed by atoms with Gasteiger partial charge in [-0.25, -0.2) is 9.67 Å². The molecule has 2 aromatic heterocycles. The lowest BCUT2D eigenvalue weighted by Gasteiger charge is -2.61. The van der Waals surface area contributed by atoms with E-state index in [1.54, 1.807) is 6.33 Å². The molecule has 2 unspecified atom stereocenters. The second-order valence-electron chi connectivity index (χ2n) is 10.9. The van der Waals surface area contributed by atoms with Gasteiger partial charge < -0.3 is 4.90 Å². The molecule has 1 saturated heterocycles. The Bertz CT molecular complexity index is 1020. The Morgan fingerprint density at radius 1 is 1.12 bits per heavy atom. The Hall–Kier alpha value is -1.93. The smallest absolute Gasteiger partial charge is 0.242 e. The van der Waals surface area contributed by atoms with Gasteiger partial charge in [0.1, 0.15) is 6.33 Å². The predicted octanol–water partition coefficient (Wildman–Crippen LogP) is 2.61. The second kappa shape index (κ2) is 7.29. The minimum absolute atomic E-state index is 0.0838. The Labute approximate surface area is 193 Å². The second-order valence-corrected chi connectivity index (χ2v) is 11.2. The Kier molecular flexibility index (Phi) is 4.70. The van der Waals surface area contributed by atoms with Gasteiger partial charge in [0, 0.05) is 51.5 Å². The van der Waals surface area contributed by atoms with E-state index in [-0.39, 0.29) is 11.0 Å². The van der Waals surface area contributed by atoms with Gasteiger partial charge in [-0.2, -0.15) is 5.10 Å². The number of amides is 1. The van der Waals surface area contributed by atoms with Crippen molar-refractivity contribution in [2.45, 2.75) is 57.5 Å². The maximum absolute atomic E-state index is 14.0. The molecule has 5 aliphatic rings. The van der Waals surface area contributed by atoms with Gasteiger partial charge in [-0.15, -0.1) is 5.10 Å². The zero-order valence-corrected chi connectivity index (χ0v) is 19.8. The van der Waals surface area contributed by atoms with Crippen molar-refractivity contribution in [1.29, 1.82) is 0 Å². The van der Waals surface area contributed by atoms with Crippen molar-refractivity contribution in [1.82, 2.24) is 34.3 Å². The molecule has 32 heavy (non-hydrogen) atoms. The highest BCUT2D eigenvalue weighted by Crippen LogP contribution is 2.64. The van der Waals surface area contributed by atoms with Crippen molar-refractivity contribution >= 4 is 17.5 Å².